The van der Waals surface area contributed by atoms with Gasteiger partial charge in [-0.25, -0.2) is 9.50 Å². The third-order valence-electron chi connectivity index (χ3n) is 1.63. The minimum absolute atomic E-state index is 0.174. The number of hydrogen-bond donors (Lipinski definition) is 1. The fourth-order valence-electron chi connectivity index (χ4n) is 1.01. The molecule has 0 aliphatic heterocycles. The van der Waals surface area contributed by atoms with E-state index in [9.17, 15) is 0 Å². The van der Waals surface area contributed by atoms with Crippen LogP contribution in [0.1, 0.15) is 11.4 Å². The Kier molecular flexibility index (Phi) is 1.79. The molecule has 0 unspecified atom stereocenters. The Morgan fingerprint density at radius 2 is 2.46 bits per heavy atom. The molecule has 0 spiro atoms. The third-order valence-corrected chi connectivity index (χ3v) is 1.63. The van der Waals surface area contributed by atoms with E-state index in [0.717, 1.165) is 5.56 Å². The molecule has 0 saturated heterocycles. The highest BCUT2D eigenvalue weighted by Gasteiger charge is 2.02. The summed E-state index contributed by atoms with van der Waals surface area (Å²) in [6, 6.07) is 0. The summed E-state index contributed by atoms with van der Waals surface area (Å²) in [4.78, 5) is 7.99. The van der Waals surface area contributed by atoms with Crippen molar-refractivity contribution in [3.05, 3.63) is 30.4 Å². The van der Waals surface area contributed by atoms with E-state index in [1.54, 1.807) is 18.5 Å². The van der Waals surface area contributed by atoms with Gasteiger partial charge in [-0.15, -0.1) is 5.10 Å². The van der Waals surface area contributed by atoms with Crippen LogP contribution in [0.4, 0.5) is 0 Å². The summed E-state index contributed by atoms with van der Waals surface area (Å²) in [6.07, 6.45) is 5.08. The second kappa shape index (κ2) is 2.95. The van der Waals surface area contributed by atoms with E-state index in [1.807, 2.05) is 0 Å². The van der Waals surface area contributed by atoms with Crippen LogP contribution >= 0.6 is 0 Å². The molecule has 13 heavy (non-hydrogen) atoms. The van der Waals surface area contributed by atoms with Crippen LogP contribution in [0.2, 0.25) is 0 Å². The highest BCUT2D eigenvalue weighted by molar-refractivity contribution is 5.45. The topological polar surface area (TPSA) is 63.3 Å². The Morgan fingerprint density at radius 3 is 3.15 bits per heavy atom. The van der Waals surface area contributed by atoms with Gasteiger partial charge in [-0.2, -0.15) is 4.98 Å². The summed E-state index contributed by atoms with van der Waals surface area (Å²) < 4.78 is 1.52. The molecule has 2 aromatic rings. The zero-order valence-corrected chi connectivity index (χ0v) is 6.88. The molecule has 0 bridgehead atoms. The van der Waals surface area contributed by atoms with Crippen LogP contribution in [0.5, 0.6) is 0 Å². The van der Waals surface area contributed by atoms with Gasteiger partial charge in [0.25, 0.3) is 5.78 Å². The Hall–Kier alpha value is -1.75. The summed E-state index contributed by atoms with van der Waals surface area (Å²) >= 11 is 0. The molecule has 0 amide bonds. The van der Waals surface area contributed by atoms with Gasteiger partial charge in [0.2, 0.25) is 0 Å². The van der Waals surface area contributed by atoms with Gasteiger partial charge in [0.05, 0.1) is 0 Å². The van der Waals surface area contributed by atoms with Crippen LogP contribution in [0.15, 0.2) is 19.0 Å². The van der Waals surface area contributed by atoms with Crippen LogP contribution in [0, 0.1) is 0 Å². The van der Waals surface area contributed by atoms with Gasteiger partial charge < -0.3 is 5.11 Å². The Labute approximate surface area is 74.4 Å². The molecule has 1 N–H and O–H groups in total. The van der Waals surface area contributed by atoms with Gasteiger partial charge in [0.15, 0.2) is 5.82 Å². The molecule has 2 aromatic heterocycles. The molecule has 0 saturated carbocycles. The molecule has 5 heteroatoms. The molecule has 0 aromatic carbocycles. The Bertz CT molecular complexity index is 448. The van der Waals surface area contributed by atoms with Crippen LogP contribution in [-0.2, 0) is 6.61 Å². The molecule has 5 nitrogen and oxygen atoms in total. The molecule has 0 atom stereocenters. The fourth-order valence-corrected chi connectivity index (χ4v) is 1.01. The maximum absolute atomic E-state index is 8.78. The number of hydrogen-bond acceptors (Lipinski definition) is 4. The number of aliphatic hydroxyl groups is 1. The van der Waals surface area contributed by atoms with E-state index in [4.69, 9.17) is 5.11 Å². The van der Waals surface area contributed by atoms with Crippen molar-refractivity contribution in [2.45, 2.75) is 6.61 Å². The first-order valence-electron chi connectivity index (χ1n) is 3.78. The highest BCUT2D eigenvalue weighted by atomic mass is 16.3. The zero-order valence-electron chi connectivity index (χ0n) is 6.88. The van der Waals surface area contributed by atoms with Crippen molar-refractivity contribution in [2.75, 3.05) is 0 Å². The SMILES string of the molecule is C=Cc1cnc2nc(CO)nn2c1. The van der Waals surface area contributed by atoms with Crippen LogP contribution in [0.3, 0.4) is 0 Å². The van der Waals surface area contributed by atoms with E-state index in [0.29, 0.717) is 11.6 Å². The number of aromatic nitrogens is 4. The zero-order chi connectivity index (χ0) is 9.26. The molecular formula is C8H8N4O. The van der Waals surface area contributed by atoms with Crippen molar-refractivity contribution in [2.24, 2.45) is 0 Å². The predicted octanol–water partition coefficient (Wildman–Crippen LogP) is 0.260. The average molecular weight is 176 g/mol. The smallest absolute Gasteiger partial charge is 0.252 e. The first-order valence-corrected chi connectivity index (χ1v) is 3.78. The summed E-state index contributed by atoms with van der Waals surface area (Å²) in [5, 5.41) is 12.8. The number of nitrogens with zero attached hydrogens (tertiary/aromatic N) is 4. The van der Waals surface area contributed by atoms with Gasteiger partial charge >= 0.3 is 0 Å². The molecule has 2 rings (SSSR count). The maximum atomic E-state index is 8.78. The third kappa shape index (κ3) is 1.29. The quantitative estimate of drug-likeness (QED) is 0.712. The fraction of sp³-hybridized carbons (Fsp3) is 0.125. The first kappa shape index (κ1) is 7.88. The molecule has 66 valence electrons. The highest BCUT2D eigenvalue weighted by Crippen LogP contribution is 2.02. The molecule has 0 aliphatic rings. The van der Waals surface area contributed by atoms with E-state index in [-0.39, 0.29) is 6.61 Å². The van der Waals surface area contributed by atoms with Gasteiger partial charge in [0, 0.05) is 18.0 Å². The van der Waals surface area contributed by atoms with Crippen LogP contribution in [-0.4, -0.2) is 24.7 Å². The minimum Gasteiger partial charge on any atom is -0.388 e. The number of aliphatic hydroxyl groups excluding tert-OH is 1. The Balaban J connectivity index is 2.63. The molecule has 0 fully saturated rings. The standard InChI is InChI=1S/C8H8N4O/c1-2-6-3-9-8-10-7(5-13)11-12(8)4-6/h2-4,13H,1,5H2. The number of rotatable bonds is 2. The van der Waals surface area contributed by atoms with E-state index in [2.05, 4.69) is 21.6 Å². The van der Waals surface area contributed by atoms with Crippen molar-refractivity contribution in [1.82, 2.24) is 19.6 Å². The largest absolute Gasteiger partial charge is 0.388 e. The van der Waals surface area contributed by atoms with Crippen molar-refractivity contribution in [3.63, 3.8) is 0 Å². The van der Waals surface area contributed by atoms with E-state index in [1.165, 1.54) is 4.52 Å². The van der Waals surface area contributed by atoms with Gasteiger partial charge in [0.1, 0.15) is 6.61 Å². The average Bonchev–Trinajstić information content (AvgIpc) is 2.58. The monoisotopic (exact) mass is 176 g/mol. The van der Waals surface area contributed by atoms with Crippen molar-refractivity contribution >= 4 is 11.9 Å². The maximum Gasteiger partial charge on any atom is 0.252 e. The summed E-state index contributed by atoms with van der Waals surface area (Å²) in [5.74, 6) is 0.850. The Morgan fingerprint density at radius 1 is 1.62 bits per heavy atom. The van der Waals surface area contributed by atoms with Crippen LogP contribution < -0.4 is 0 Å². The van der Waals surface area contributed by atoms with Gasteiger partial charge in [-0.3, -0.25) is 0 Å². The predicted molar refractivity (Wildman–Crippen MR) is 46.8 cm³/mol. The molecule has 0 aliphatic carbocycles. The van der Waals surface area contributed by atoms with Gasteiger partial charge in [-0.05, 0) is 0 Å². The van der Waals surface area contributed by atoms with E-state index >= 15 is 0 Å². The lowest BCUT2D eigenvalue weighted by Gasteiger charge is -1.91. The normalized spacial score (nSPS) is 10.5. The molecule has 2 heterocycles. The van der Waals surface area contributed by atoms with Crippen molar-refractivity contribution in [3.8, 4) is 0 Å². The summed E-state index contributed by atoms with van der Waals surface area (Å²) in [5.41, 5.74) is 0.863. The summed E-state index contributed by atoms with van der Waals surface area (Å²) in [6.45, 7) is 3.44. The lowest BCUT2D eigenvalue weighted by Crippen LogP contribution is -1.91. The summed E-state index contributed by atoms with van der Waals surface area (Å²) in [7, 11) is 0. The molecule has 0 radical (unpaired) electrons. The first-order chi connectivity index (χ1) is 6.33. The molecular weight excluding hydrogens is 168 g/mol. The van der Waals surface area contributed by atoms with Gasteiger partial charge in [-0.1, -0.05) is 12.7 Å². The lowest BCUT2D eigenvalue weighted by atomic mass is 10.3. The second-order valence-electron chi connectivity index (χ2n) is 2.52. The van der Waals surface area contributed by atoms with Crippen molar-refractivity contribution in [1.29, 1.82) is 0 Å². The van der Waals surface area contributed by atoms with E-state index < -0.39 is 0 Å². The number of fused-ring (bicyclic) bond motifs is 1. The second-order valence-corrected chi connectivity index (χ2v) is 2.52. The van der Waals surface area contributed by atoms with Crippen molar-refractivity contribution < 1.29 is 5.11 Å². The minimum atomic E-state index is -0.174. The lowest BCUT2D eigenvalue weighted by molar-refractivity contribution is 0.271. The van der Waals surface area contributed by atoms with Crippen LogP contribution in [0.25, 0.3) is 11.9 Å².